The molecule has 0 radical (unpaired) electrons. The summed E-state index contributed by atoms with van der Waals surface area (Å²) in [5.41, 5.74) is 1.28. The number of halogens is 1. The van der Waals surface area contributed by atoms with Gasteiger partial charge in [-0.15, -0.1) is 0 Å². The van der Waals surface area contributed by atoms with Crippen molar-refractivity contribution in [2.75, 3.05) is 6.61 Å². The Morgan fingerprint density at radius 1 is 1.00 bits per heavy atom. The minimum absolute atomic E-state index is 0.201. The van der Waals surface area contributed by atoms with E-state index in [1.807, 2.05) is 0 Å². The molecule has 0 atom stereocenters. The molecule has 3 heteroatoms. The van der Waals surface area contributed by atoms with E-state index < -0.39 is 0 Å². The predicted molar refractivity (Wildman–Crippen MR) is 70.8 cm³/mol. The van der Waals surface area contributed by atoms with Crippen LogP contribution < -0.4 is 4.74 Å². The number of ether oxygens (including phenoxy) is 1. The molecule has 0 unspecified atom stereocenters. The van der Waals surface area contributed by atoms with Gasteiger partial charge in [0, 0.05) is 9.79 Å². The summed E-state index contributed by atoms with van der Waals surface area (Å²) in [7, 11) is 0. The van der Waals surface area contributed by atoms with Crippen LogP contribution >= 0.6 is 11.8 Å². The standard InChI is InChI=1S/C15H13FOS/c16-12-4-7-13(8-5-12)18-14-6-3-11-2-1-9-17-15(11)10-14/h3-8,10H,1-2,9H2. The van der Waals surface area contributed by atoms with Crippen molar-refractivity contribution in [3.63, 3.8) is 0 Å². The highest BCUT2D eigenvalue weighted by molar-refractivity contribution is 7.99. The maximum Gasteiger partial charge on any atom is 0.123 e. The van der Waals surface area contributed by atoms with E-state index in [0.29, 0.717) is 0 Å². The SMILES string of the molecule is Fc1ccc(Sc2ccc3c(c2)OCCC3)cc1. The van der Waals surface area contributed by atoms with Crippen LogP contribution in [0.15, 0.2) is 52.3 Å². The molecular weight excluding hydrogens is 247 g/mol. The Morgan fingerprint density at radius 3 is 2.61 bits per heavy atom. The number of aryl methyl sites for hydroxylation is 1. The highest BCUT2D eigenvalue weighted by Gasteiger charge is 2.10. The van der Waals surface area contributed by atoms with E-state index in [1.165, 1.54) is 17.7 Å². The minimum Gasteiger partial charge on any atom is -0.493 e. The molecule has 2 aromatic rings. The van der Waals surface area contributed by atoms with Gasteiger partial charge in [-0.25, -0.2) is 4.39 Å². The molecule has 3 rings (SSSR count). The highest BCUT2D eigenvalue weighted by Crippen LogP contribution is 2.33. The van der Waals surface area contributed by atoms with Crippen molar-refractivity contribution in [2.45, 2.75) is 22.6 Å². The van der Waals surface area contributed by atoms with Crippen molar-refractivity contribution < 1.29 is 9.13 Å². The van der Waals surface area contributed by atoms with Gasteiger partial charge in [0.05, 0.1) is 6.61 Å². The van der Waals surface area contributed by atoms with Crippen LogP contribution in [0.25, 0.3) is 0 Å². The van der Waals surface area contributed by atoms with Gasteiger partial charge >= 0.3 is 0 Å². The van der Waals surface area contributed by atoms with E-state index in [0.717, 1.165) is 35.0 Å². The Balaban J connectivity index is 1.82. The van der Waals surface area contributed by atoms with Gasteiger partial charge < -0.3 is 4.74 Å². The first kappa shape index (κ1) is 11.6. The summed E-state index contributed by atoms with van der Waals surface area (Å²) in [6.45, 7) is 0.803. The third-order valence-corrected chi connectivity index (χ3v) is 3.93. The highest BCUT2D eigenvalue weighted by atomic mass is 32.2. The molecule has 0 aliphatic carbocycles. The number of fused-ring (bicyclic) bond motifs is 1. The van der Waals surface area contributed by atoms with Crippen LogP contribution in [0.5, 0.6) is 5.75 Å². The van der Waals surface area contributed by atoms with Crippen LogP contribution in [0.4, 0.5) is 4.39 Å². The van der Waals surface area contributed by atoms with Gasteiger partial charge in [0.15, 0.2) is 0 Å². The van der Waals surface area contributed by atoms with E-state index in [4.69, 9.17) is 4.74 Å². The van der Waals surface area contributed by atoms with Gasteiger partial charge in [0.25, 0.3) is 0 Å². The molecular formula is C15H13FOS. The molecule has 0 bridgehead atoms. The summed E-state index contributed by atoms with van der Waals surface area (Å²) in [4.78, 5) is 2.16. The lowest BCUT2D eigenvalue weighted by atomic mass is 10.1. The normalized spacial score (nSPS) is 13.8. The summed E-state index contributed by atoms with van der Waals surface area (Å²) in [6, 6.07) is 12.8. The van der Waals surface area contributed by atoms with E-state index in [1.54, 1.807) is 23.9 Å². The zero-order valence-corrected chi connectivity index (χ0v) is 10.7. The van der Waals surface area contributed by atoms with Crippen LogP contribution in [0.3, 0.4) is 0 Å². The fraction of sp³-hybridized carbons (Fsp3) is 0.200. The second-order valence-electron chi connectivity index (χ2n) is 4.28. The maximum absolute atomic E-state index is 12.8. The van der Waals surface area contributed by atoms with Crippen molar-refractivity contribution in [2.24, 2.45) is 0 Å². The Hall–Kier alpha value is -1.48. The van der Waals surface area contributed by atoms with Gasteiger partial charge in [-0.1, -0.05) is 17.8 Å². The van der Waals surface area contributed by atoms with Gasteiger partial charge in [0.2, 0.25) is 0 Å². The molecule has 92 valence electrons. The first-order valence-electron chi connectivity index (χ1n) is 6.00. The summed E-state index contributed by atoms with van der Waals surface area (Å²) in [6.07, 6.45) is 2.19. The second-order valence-corrected chi connectivity index (χ2v) is 5.42. The number of benzene rings is 2. The largest absolute Gasteiger partial charge is 0.493 e. The molecule has 1 nitrogen and oxygen atoms in total. The summed E-state index contributed by atoms with van der Waals surface area (Å²) >= 11 is 1.62. The topological polar surface area (TPSA) is 9.23 Å². The van der Waals surface area contributed by atoms with Crippen LogP contribution in [-0.2, 0) is 6.42 Å². The fourth-order valence-corrected chi connectivity index (χ4v) is 2.87. The predicted octanol–water partition coefficient (Wildman–Crippen LogP) is 4.30. The molecule has 0 fully saturated rings. The summed E-state index contributed by atoms with van der Waals surface area (Å²) in [5, 5.41) is 0. The fourth-order valence-electron chi connectivity index (χ4n) is 2.02. The lowest BCUT2D eigenvalue weighted by molar-refractivity contribution is 0.287. The molecule has 0 N–H and O–H groups in total. The monoisotopic (exact) mass is 260 g/mol. The molecule has 0 saturated carbocycles. The molecule has 0 aromatic heterocycles. The second kappa shape index (κ2) is 5.02. The van der Waals surface area contributed by atoms with E-state index >= 15 is 0 Å². The van der Waals surface area contributed by atoms with Gasteiger partial charge in [-0.2, -0.15) is 0 Å². The molecule has 1 aliphatic rings. The molecule has 1 heterocycles. The van der Waals surface area contributed by atoms with Crippen molar-refractivity contribution in [3.8, 4) is 5.75 Å². The number of hydrogen-bond donors (Lipinski definition) is 0. The lowest BCUT2D eigenvalue weighted by Gasteiger charge is -2.17. The van der Waals surface area contributed by atoms with Gasteiger partial charge in [-0.05, 0) is 54.8 Å². The van der Waals surface area contributed by atoms with Crippen molar-refractivity contribution >= 4 is 11.8 Å². The van der Waals surface area contributed by atoms with Crippen LogP contribution in [0, 0.1) is 5.82 Å². The molecule has 2 aromatic carbocycles. The zero-order chi connectivity index (χ0) is 12.4. The van der Waals surface area contributed by atoms with Crippen molar-refractivity contribution in [1.82, 2.24) is 0 Å². The van der Waals surface area contributed by atoms with E-state index in [2.05, 4.69) is 18.2 Å². The third-order valence-electron chi connectivity index (χ3n) is 2.94. The quantitative estimate of drug-likeness (QED) is 0.796. The van der Waals surface area contributed by atoms with Gasteiger partial charge in [-0.3, -0.25) is 0 Å². The third kappa shape index (κ3) is 2.51. The first-order valence-corrected chi connectivity index (χ1v) is 6.82. The van der Waals surface area contributed by atoms with Crippen molar-refractivity contribution in [3.05, 3.63) is 53.8 Å². The Morgan fingerprint density at radius 2 is 1.78 bits per heavy atom. The lowest BCUT2D eigenvalue weighted by Crippen LogP contribution is -2.07. The molecule has 0 amide bonds. The molecule has 0 spiro atoms. The Labute approximate surface area is 110 Å². The molecule has 18 heavy (non-hydrogen) atoms. The minimum atomic E-state index is -0.201. The summed E-state index contributed by atoms with van der Waals surface area (Å²) < 4.78 is 18.5. The molecule has 1 aliphatic heterocycles. The van der Waals surface area contributed by atoms with Crippen LogP contribution in [0.2, 0.25) is 0 Å². The average molecular weight is 260 g/mol. The Kier molecular flexibility index (Phi) is 3.24. The Bertz CT molecular complexity index is 551. The van der Waals surface area contributed by atoms with Crippen molar-refractivity contribution in [1.29, 1.82) is 0 Å². The van der Waals surface area contributed by atoms with E-state index in [9.17, 15) is 4.39 Å². The average Bonchev–Trinajstić information content (AvgIpc) is 2.41. The first-order chi connectivity index (χ1) is 8.81. The maximum atomic E-state index is 12.8. The van der Waals surface area contributed by atoms with Crippen LogP contribution in [-0.4, -0.2) is 6.61 Å². The zero-order valence-electron chi connectivity index (χ0n) is 9.86. The van der Waals surface area contributed by atoms with E-state index in [-0.39, 0.29) is 5.82 Å². The van der Waals surface area contributed by atoms with Gasteiger partial charge in [0.1, 0.15) is 11.6 Å². The smallest absolute Gasteiger partial charge is 0.123 e. The van der Waals surface area contributed by atoms with Crippen LogP contribution in [0.1, 0.15) is 12.0 Å². The summed E-state index contributed by atoms with van der Waals surface area (Å²) in [5.74, 6) is 0.793. The number of rotatable bonds is 2. The number of hydrogen-bond acceptors (Lipinski definition) is 2. The molecule has 0 saturated heterocycles.